The summed E-state index contributed by atoms with van der Waals surface area (Å²) >= 11 is 0. The lowest BCUT2D eigenvalue weighted by atomic mass is 10.0. The first kappa shape index (κ1) is 34.2. The molecule has 0 saturated carbocycles. The summed E-state index contributed by atoms with van der Waals surface area (Å²) in [5, 5.41) is 3.01. The maximum Gasteiger partial charge on any atom is 0.264 e. The Labute approximate surface area is 273 Å². The highest BCUT2D eigenvalue weighted by Crippen LogP contribution is 2.27. The molecule has 0 bridgehead atoms. The number of nitrogens with one attached hydrogen (secondary N) is 1. The van der Waals surface area contributed by atoms with Gasteiger partial charge in [-0.25, -0.2) is 8.42 Å². The molecular weight excluding hydrogens is 598 g/mol. The quantitative estimate of drug-likeness (QED) is 0.185. The Kier molecular flexibility index (Phi) is 11.6. The average molecular weight is 642 g/mol. The van der Waals surface area contributed by atoms with Crippen molar-refractivity contribution in [3.05, 3.63) is 125 Å². The smallest absolute Gasteiger partial charge is 0.264 e. The normalized spacial score (nSPS) is 12.0. The van der Waals surface area contributed by atoms with Crippen molar-refractivity contribution < 1.29 is 22.7 Å². The zero-order valence-corrected chi connectivity index (χ0v) is 28.0. The zero-order valence-electron chi connectivity index (χ0n) is 27.1. The van der Waals surface area contributed by atoms with Crippen molar-refractivity contribution in [1.29, 1.82) is 0 Å². The maximum atomic E-state index is 14.5. The number of methoxy groups -OCH3 is 1. The molecule has 0 fully saturated rings. The number of benzene rings is 4. The SMILES string of the molecule is COc1ccc(S(=O)(=O)N(CC(=O)N(Cc2ccc(C)cc2)[C@H](Cc2ccccc2)C(=O)NCC(C)C)c2ccc(C)cc2)cc1. The number of ether oxygens (including phenoxy) is 1. The van der Waals surface area contributed by atoms with E-state index in [1.165, 1.54) is 24.1 Å². The number of anilines is 1. The van der Waals surface area contributed by atoms with E-state index < -0.39 is 28.5 Å². The molecule has 46 heavy (non-hydrogen) atoms. The van der Waals surface area contributed by atoms with Crippen LogP contribution in [0, 0.1) is 19.8 Å². The third-order valence-electron chi connectivity index (χ3n) is 7.68. The van der Waals surface area contributed by atoms with Crippen molar-refractivity contribution in [2.75, 3.05) is 24.5 Å². The summed E-state index contributed by atoms with van der Waals surface area (Å²) in [5.74, 6) is -0.0802. The summed E-state index contributed by atoms with van der Waals surface area (Å²) < 4.78 is 34.7. The van der Waals surface area contributed by atoms with Crippen LogP contribution in [0.3, 0.4) is 0 Å². The number of rotatable bonds is 14. The van der Waals surface area contributed by atoms with E-state index >= 15 is 0 Å². The zero-order chi connectivity index (χ0) is 33.3. The molecule has 0 heterocycles. The van der Waals surface area contributed by atoms with E-state index in [9.17, 15) is 18.0 Å². The Morgan fingerprint density at radius 3 is 1.93 bits per heavy atom. The largest absolute Gasteiger partial charge is 0.497 e. The molecule has 9 heteroatoms. The van der Waals surface area contributed by atoms with Crippen molar-refractivity contribution >= 4 is 27.5 Å². The fourth-order valence-electron chi connectivity index (χ4n) is 4.98. The topological polar surface area (TPSA) is 96.0 Å². The van der Waals surface area contributed by atoms with Gasteiger partial charge in [-0.05, 0) is 67.3 Å². The highest BCUT2D eigenvalue weighted by Gasteiger charge is 2.34. The monoisotopic (exact) mass is 641 g/mol. The summed E-state index contributed by atoms with van der Waals surface area (Å²) in [6.07, 6.45) is 0.262. The second-order valence-electron chi connectivity index (χ2n) is 11.9. The minimum absolute atomic E-state index is 0.0160. The Morgan fingerprint density at radius 1 is 0.783 bits per heavy atom. The predicted octanol–water partition coefficient (Wildman–Crippen LogP) is 5.92. The number of nitrogens with zero attached hydrogens (tertiary/aromatic N) is 2. The van der Waals surface area contributed by atoms with Crippen LogP contribution in [0.2, 0.25) is 0 Å². The van der Waals surface area contributed by atoms with Crippen LogP contribution in [0.5, 0.6) is 5.75 Å². The van der Waals surface area contributed by atoms with Crippen LogP contribution < -0.4 is 14.4 Å². The van der Waals surface area contributed by atoms with E-state index in [2.05, 4.69) is 5.32 Å². The molecule has 0 aromatic heterocycles. The van der Waals surface area contributed by atoms with Crippen molar-refractivity contribution in [1.82, 2.24) is 10.2 Å². The van der Waals surface area contributed by atoms with E-state index in [0.717, 1.165) is 26.6 Å². The molecule has 4 aromatic carbocycles. The van der Waals surface area contributed by atoms with Gasteiger partial charge in [0.2, 0.25) is 11.8 Å². The fraction of sp³-hybridized carbons (Fsp3) is 0.297. The second-order valence-corrected chi connectivity index (χ2v) is 13.7. The number of carbonyl (C=O) groups excluding carboxylic acids is 2. The van der Waals surface area contributed by atoms with Gasteiger partial charge < -0.3 is 15.0 Å². The van der Waals surface area contributed by atoms with Gasteiger partial charge in [-0.1, -0.05) is 91.7 Å². The second kappa shape index (κ2) is 15.6. The highest BCUT2D eigenvalue weighted by atomic mass is 32.2. The minimum atomic E-state index is -4.20. The lowest BCUT2D eigenvalue weighted by molar-refractivity contribution is -0.140. The molecule has 1 N–H and O–H groups in total. The molecule has 2 amide bonds. The van der Waals surface area contributed by atoms with Gasteiger partial charge >= 0.3 is 0 Å². The third kappa shape index (κ3) is 8.97. The van der Waals surface area contributed by atoms with Gasteiger partial charge in [-0.15, -0.1) is 0 Å². The molecular formula is C37H43N3O5S. The van der Waals surface area contributed by atoms with Crippen LogP contribution in [0.1, 0.15) is 36.1 Å². The van der Waals surface area contributed by atoms with Crippen molar-refractivity contribution in [3.8, 4) is 5.75 Å². The lowest BCUT2D eigenvalue weighted by Crippen LogP contribution is -2.53. The fourth-order valence-corrected chi connectivity index (χ4v) is 6.40. The van der Waals surface area contributed by atoms with E-state index in [-0.39, 0.29) is 29.7 Å². The van der Waals surface area contributed by atoms with Crippen LogP contribution >= 0.6 is 0 Å². The molecule has 0 unspecified atom stereocenters. The number of amides is 2. The lowest BCUT2D eigenvalue weighted by Gasteiger charge is -2.34. The number of hydrogen-bond acceptors (Lipinski definition) is 5. The molecule has 0 saturated heterocycles. The molecule has 0 aliphatic heterocycles. The molecule has 0 spiro atoms. The summed E-state index contributed by atoms with van der Waals surface area (Å²) in [5.41, 5.74) is 4.06. The average Bonchev–Trinajstić information content (AvgIpc) is 3.05. The summed E-state index contributed by atoms with van der Waals surface area (Å²) in [4.78, 5) is 29.9. The van der Waals surface area contributed by atoms with Crippen LogP contribution in [-0.2, 0) is 32.6 Å². The van der Waals surface area contributed by atoms with Gasteiger partial charge in [-0.2, -0.15) is 0 Å². The molecule has 1 atom stereocenters. The van der Waals surface area contributed by atoms with E-state index in [1.54, 1.807) is 36.4 Å². The summed E-state index contributed by atoms with van der Waals surface area (Å²) in [6, 6.07) is 29.4. The Morgan fingerprint density at radius 2 is 1.37 bits per heavy atom. The molecule has 0 aliphatic carbocycles. The first-order chi connectivity index (χ1) is 22.0. The first-order valence-electron chi connectivity index (χ1n) is 15.4. The Hall–Kier alpha value is -4.63. The number of hydrogen-bond donors (Lipinski definition) is 1. The number of aryl methyl sites for hydroxylation is 2. The molecule has 4 rings (SSSR count). The number of sulfonamides is 1. The number of carbonyl (C=O) groups is 2. The molecule has 0 aliphatic rings. The van der Waals surface area contributed by atoms with E-state index in [1.807, 2.05) is 82.3 Å². The summed E-state index contributed by atoms with van der Waals surface area (Å²) in [6.45, 7) is 7.95. The van der Waals surface area contributed by atoms with Gasteiger partial charge in [0.1, 0.15) is 18.3 Å². The van der Waals surface area contributed by atoms with Gasteiger partial charge in [0.05, 0.1) is 17.7 Å². The van der Waals surface area contributed by atoms with E-state index in [4.69, 9.17) is 4.74 Å². The van der Waals surface area contributed by atoms with Crippen LogP contribution in [0.15, 0.2) is 108 Å². The molecule has 4 aromatic rings. The highest BCUT2D eigenvalue weighted by molar-refractivity contribution is 7.92. The van der Waals surface area contributed by atoms with Gasteiger partial charge in [-0.3, -0.25) is 13.9 Å². The van der Waals surface area contributed by atoms with Gasteiger partial charge in [0.25, 0.3) is 10.0 Å². The van der Waals surface area contributed by atoms with Crippen LogP contribution in [-0.4, -0.2) is 51.4 Å². The van der Waals surface area contributed by atoms with Crippen molar-refractivity contribution in [2.45, 2.75) is 51.6 Å². The predicted molar refractivity (Wildman–Crippen MR) is 182 cm³/mol. The Balaban J connectivity index is 1.79. The van der Waals surface area contributed by atoms with Gasteiger partial charge in [0.15, 0.2) is 0 Å². The van der Waals surface area contributed by atoms with Gasteiger partial charge in [0, 0.05) is 19.5 Å². The van der Waals surface area contributed by atoms with Crippen molar-refractivity contribution in [2.24, 2.45) is 5.92 Å². The Bertz CT molecular complexity index is 1690. The third-order valence-corrected chi connectivity index (χ3v) is 9.47. The standard InChI is InChI=1S/C37H43N3O5S/c1-27(2)24-38-37(42)35(23-30-9-7-6-8-10-30)39(25-31-15-11-28(3)12-16-31)36(41)26-40(32-17-13-29(4)14-18-32)46(43,44)34-21-19-33(45-5)20-22-34/h6-22,27,35H,23-26H2,1-5H3,(H,38,42)/t35-/m1/s1. The minimum Gasteiger partial charge on any atom is -0.497 e. The maximum absolute atomic E-state index is 14.5. The van der Waals surface area contributed by atoms with Crippen molar-refractivity contribution in [3.63, 3.8) is 0 Å². The molecule has 0 radical (unpaired) electrons. The van der Waals surface area contributed by atoms with E-state index in [0.29, 0.717) is 18.0 Å². The summed E-state index contributed by atoms with van der Waals surface area (Å²) in [7, 11) is -2.69. The van der Waals surface area contributed by atoms with Crippen LogP contribution in [0.4, 0.5) is 5.69 Å². The van der Waals surface area contributed by atoms with Crippen LogP contribution in [0.25, 0.3) is 0 Å². The molecule has 242 valence electrons. The molecule has 8 nitrogen and oxygen atoms in total. The first-order valence-corrected chi connectivity index (χ1v) is 16.8.